The van der Waals surface area contributed by atoms with Gasteiger partial charge in [-0.2, -0.15) is 0 Å². The van der Waals surface area contributed by atoms with E-state index in [1.165, 1.54) is 17.5 Å². The van der Waals surface area contributed by atoms with E-state index in [4.69, 9.17) is 5.73 Å². The minimum absolute atomic E-state index is 0.288. The second-order valence-corrected chi connectivity index (χ2v) is 4.74. The zero-order chi connectivity index (χ0) is 11.1. The fraction of sp³-hybridized carbons (Fsp3) is 0.462. The highest BCUT2D eigenvalue weighted by Gasteiger charge is 2.35. The van der Waals surface area contributed by atoms with E-state index in [1.807, 2.05) is 12.1 Å². The molecule has 84 valence electrons. The third-order valence-electron chi connectivity index (χ3n) is 3.90. The summed E-state index contributed by atoms with van der Waals surface area (Å²) in [5, 5.41) is 3.51. The van der Waals surface area contributed by atoms with Crippen LogP contribution in [-0.2, 0) is 6.42 Å². The van der Waals surface area contributed by atoms with E-state index in [2.05, 4.69) is 11.4 Å². The molecule has 1 aliphatic carbocycles. The van der Waals surface area contributed by atoms with Gasteiger partial charge in [-0.15, -0.1) is 0 Å². The summed E-state index contributed by atoms with van der Waals surface area (Å²) >= 11 is 0. The number of nitrogens with one attached hydrogen (secondary N) is 1. The first-order chi connectivity index (χ1) is 7.77. The minimum atomic E-state index is -0.288. The minimum Gasteiger partial charge on any atom is -0.366 e. The summed E-state index contributed by atoms with van der Waals surface area (Å²) < 4.78 is 0. The first-order valence-electron chi connectivity index (χ1n) is 5.92. The summed E-state index contributed by atoms with van der Waals surface area (Å²) in [5.74, 6) is 0.205. The molecule has 3 rings (SSSR count). The highest BCUT2D eigenvalue weighted by molar-refractivity contribution is 5.95. The number of carbonyl (C=O) groups excluding carboxylic acids is 1. The maximum atomic E-state index is 11.5. The normalized spacial score (nSPS) is 27.2. The first-order valence-corrected chi connectivity index (χ1v) is 5.92. The van der Waals surface area contributed by atoms with Crippen LogP contribution in [-0.4, -0.2) is 18.5 Å². The monoisotopic (exact) mass is 216 g/mol. The quantitative estimate of drug-likeness (QED) is 0.740. The summed E-state index contributed by atoms with van der Waals surface area (Å²) in [6.45, 7) is 1.06. The van der Waals surface area contributed by atoms with Crippen LogP contribution in [0.25, 0.3) is 0 Å². The lowest BCUT2D eigenvalue weighted by Gasteiger charge is -2.29. The number of benzene rings is 1. The molecule has 2 aliphatic rings. The Balaban J connectivity index is 2.14. The Morgan fingerprint density at radius 1 is 1.38 bits per heavy atom. The van der Waals surface area contributed by atoms with E-state index < -0.39 is 0 Å². The van der Waals surface area contributed by atoms with Gasteiger partial charge in [0.15, 0.2) is 0 Å². The highest BCUT2D eigenvalue weighted by atomic mass is 16.1. The molecule has 1 fully saturated rings. The molecule has 16 heavy (non-hydrogen) atoms. The molecule has 0 bridgehead atoms. The first kappa shape index (κ1) is 9.85. The highest BCUT2D eigenvalue weighted by Crippen LogP contribution is 2.38. The van der Waals surface area contributed by atoms with Crippen molar-refractivity contribution in [3.8, 4) is 0 Å². The average molecular weight is 216 g/mol. The molecule has 0 spiro atoms. The molecule has 1 heterocycles. The van der Waals surface area contributed by atoms with E-state index in [-0.39, 0.29) is 5.91 Å². The number of aryl methyl sites for hydroxylation is 1. The van der Waals surface area contributed by atoms with E-state index in [1.54, 1.807) is 0 Å². The number of rotatable bonds is 1. The molecule has 0 aromatic heterocycles. The maximum absolute atomic E-state index is 11.5. The largest absolute Gasteiger partial charge is 0.366 e. The number of fused-ring (bicyclic) bond motifs is 3. The van der Waals surface area contributed by atoms with Crippen molar-refractivity contribution in [1.82, 2.24) is 5.32 Å². The number of amides is 1. The zero-order valence-corrected chi connectivity index (χ0v) is 9.20. The summed E-state index contributed by atoms with van der Waals surface area (Å²) in [6.07, 6.45) is 3.37. The Morgan fingerprint density at radius 3 is 3.06 bits per heavy atom. The molecule has 0 saturated carbocycles. The number of nitrogens with two attached hydrogens (primary N) is 1. The van der Waals surface area contributed by atoms with Gasteiger partial charge in [0, 0.05) is 17.5 Å². The number of carbonyl (C=O) groups is 1. The fourth-order valence-corrected chi connectivity index (χ4v) is 3.21. The molecule has 1 amide bonds. The third kappa shape index (κ3) is 1.35. The molecule has 3 N–H and O–H groups in total. The van der Waals surface area contributed by atoms with Crippen LogP contribution in [0.1, 0.15) is 40.2 Å². The van der Waals surface area contributed by atoms with Crippen LogP contribution >= 0.6 is 0 Å². The van der Waals surface area contributed by atoms with E-state index in [0.29, 0.717) is 12.0 Å². The van der Waals surface area contributed by atoms with Crippen LogP contribution in [0.5, 0.6) is 0 Å². The predicted octanol–water partition coefficient (Wildman–Crippen LogP) is 1.18. The Bertz CT molecular complexity index is 442. The Hall–Kier alpha value is -1.35. The van der Waals surface area contributed by atoms with Crippen LogP contribution in [0.2, 0.25) is 0 Å². The van der Waals surface area contributed by atoms with Crippen LogP contribution in [0.4, 0.5) is 0 Å². The number of hydrogen-bond acceptors (Lipinski definition) is 2. The molecule has 3 nitrogen and oxygen atoms in total. The fourth-order valence-electron chi connectivity index (χ4n) is 3.21. The summed E-state index contributed by atoms with van der Waals surface area (Å²) in [6, 6.07) is 6.49. The van der Waals surface area contributed by atoms with Crippen LogP contribution in [0, 0.1) is 0 Å². The van der Waals surface area contributed by atoms with Crippen molar-refractivity contribution in [2.24, 2.45) is 5.73 Å². The van der Waals surface area contributed by atoms with Gasteiger partial charge < -0.3 is 11.1 Å². The lowest BCUT2D eigenvalue weighted by atomic mass is 9.77. The van der Waals surface area contributed by atoms with Crippen LogP contribution < -0.4 is 11.1 Å². The van der Waals surface area contributed by atoms with Crippen molar-refractivity contribution in [3.63, 3.8) is 0 Å². The molecule has 3 heteroatoms. The summed E-state index contributed by atoms with van der Waals surface area (Å²) in [4.78, 5) is 11.5. The summed E-state index contributed by atoms with van der Waals surface area (Å²) in [5.41, 5.74) is 8.73. The Labute approximate surface area is 95.0 Å². The van der Waals surface area contributed by atoms with E-state index in [9.17, 15) is 4.79 Å². The second kappa shape index (κ2) is 3.59. The van der Waals surface area contributed by atoms with Crippen molar-refractivity contribution in [2.45, 2.75) is 31.2 Å². The topological polar surface area (TPSA) is 55.1 Å². The lowest BCUT2D eigenvalue weighted by molar-refractivity contribution is 0.0998. The smallest absolute Gasteiger partial charge is 0.248 e. The van der Waals surface area contributed by atoms with Gasteiger partial charge in [-0.05, 0) is 43.0 Å². The Kier molecular flexibility index (Phi) is 2.21. The number of primary amides is 1. The summed E-state index contributed by atoms with van der Waals surface area (Å²) in [7, 11) is 0. The molecule has 1 saturated heterocycles. The third-order valence-corrected chi connectivity index (χ3v) is 3.90. The van der Waals surface area contributed by atoms with Crippen molar-refractivity contribution in [2.75, 3.05) is 6.54 Å². The predicted molar refractivity (Wildman–Crippen MR) is 62.4 cm³/mol. The van der Waals surface area contributed by atoms with Gasteiger partial charge in [0.2, 0.25) is 5.91 Å². The van der Waals surface area contributed by atoms with Gasteiger partial charge in [0.1, 0.15) is 0 Å². The Morgan fingerprint density at radius 2 is 2.25 bits per heavy atom. The molecule has 1 aliphatic heterocycles. The SMILES string of the molecule is NC(=O)c1cccc2c1C1CCNC1CC2. The standard InChI is InChI=1S/C13H16N2O/c14-13(16)10-3-1-2-8-4-5-11-9(12(8)10)6-7-15-11/h1-3,9,11,15H,4-7H2,(H2,14,16). The van der Waals surface area contributed by atoms with Crippen molar-refractivity contribution in [1.29, 1.82) is 0 Å². The van der Waals surface area contributed by atoms with Gasteiger partial charge in [-0.1, -0.05) is 12.1 Å². The molecular weight excluding hydrogens is 200 g/mol. The second-order valence-electron chi connectivity index (χ2n) is 4.74. The van der Waals surface area contributed by atoms with Crippen molar-refractivity contribution >= 4 is 5.91 Å². The lowest BCUT2D eigenvalue weighted by Crippen LogP contribution is -2.32. The van der Waals surface area contributed by atoms with Crippen LogP contribution in [0.3, 0.4) is 0 Å². The molecule has 1 aromatic rings. The van der Waals surface area contributed by atoms with Gasteiger partial charge in [0.05, 0.1) is 0 Å². The maximum Gasteiger partial charge on any atom is 0.248 e. The molecule has 2 unspecified atom stereocenters. The van der Waals surface area contributed by atoms with Gasteiger partial charge in [-0.3, -0.25) is 4.79 Å². The molecule has 0 radical (unpaired) electrons. The zero-order valence-electron chi connectivity index (χ0n) is 9.20. The number of hydrogen-bond donors (Lipinski definition) is 2. The van der Waals surface area contributed by atoms with Crippen molar-refractivity contribution in [3.05, 3.63) is 34.9 Å². The van der Waals surface area contributed by atoms with E-state index in [0.717, 1.165) is 24.9 Å². The molecular formula is C13H16N2O. The molecule has 2 atom stereocenters. The van der Waals surface area contributed by atoms with Crippen LogP contribution in [0.15, 0.2) is 18.2 Å². The van der Waals surface area contributed by atoms with Gasteiger partial charge in [0.25, 0.3) is 0 Å². The molecule has 1 aromatic carbocycles. The van der Waals surface area contributed by atoms with Gasteiger partial charge in [-0.25, -0.2) is 0 Å². The average Bonchev–Trinajstić information content (AvgIpc) is 2.76. The van der Waals surface area contributed by atoms with E-state index >= 15 is 0 Å². The van der Waals surface area contributed by atoms with Gasteiger partial charge >= 0.3 is 0 Å². The van der Waals surface area contributed by atoms with Crippen molar-refractivity contribution < 1.29 is 4.79 Å².